The van der Waals surface area contributed by atoms with Crippen molar-refractivity contribution in [2.75, 3.05) is 47.5 Å². The average molecular weight is 795 g/mol. The molecular formula is C40H80NO8P. The highest BCUT2D eigenvalue weighted by atomic mass is 31.2. The molecule has 0 aliphatic heterocycles. The number of hydrogen-bond donors (Lipinski definition) is 0. The van der Waals surface area contributed by atoms with E-state index in [-0.39, 0.29) is 11.0 Å². The summed E-state index contributed by atoms with van der Waals surface area (Å²) in [6.07, 6.45) is -148. The van der Waals surface area contributed by atoms with E-state index in [1.165, 1.54) is 21.1 Å². The van der Waals surface area contributed by atoms with Gasteiger partial charge in [-0.15, -0.1) is 0 Å². The fourth-order valence-corrected chi connectivity index (χ4v) is 2.76. The van der Waals surface area contributed by atoms with Crippen LogP contribution in [0.15, 0.2) is 0 Å². The number of phosphoric acid groups is 1. The van der Waals surface area contributed by atoms with Crippen LogP contribution in [0.3, 0.4) is 0 Å². The Hall–Kier alpha value is -0.990. The molecule has 298 valence electrons. The highest BCUT2D eigenvalue weighted by Crippen LogP contribution is 2.38. The number of esters is 2. The first-order chi connectivity index (χ1) is 47.0. The quantitative estimate of drug-likeness (QED) is 0.0345. The second-order valence-electron chi connectivity index (χ2n) is 8.79. The van der Waals surface area contributed by atoms with E-state index in [1.807, 2.05) is 0 Å². The number of carbonyl (C=O) groups excluding carboxylic acids is 2. The summed E-state index contributed by atoms with van der Waals surface area (Å²) in [6.45, 7) is -13.7. The summed E-state index contributed by atoms with van der Waals surface area (Å²) in [5.41, 5.74) is 0. The molecule has 3 atom stereocenters. The predicted molar refractivity (Wildman–Crippen MR) is 204 cm³/mol. The molecule has 0 aromatic rings. The van der Waals surface area contributed by atoms with Crippen molar-refractivity contribution in [2.24, 2.45) is 0 Å². The molecule has 0 saturated carbocycles. The van der Waals surface area contributed by atoms with Crippen LogP contribution in [0.2, 0.25) is 0 Å². The lowest BCUT2D eigenvalue weighted by atomic mass is 10.0. The topological polar surface area (TPSA) is 111 Å². The van der Waals surface area contributed by atoms with E-state index >= 15 is 0 Å². The van der Waals surface area contributed by atoms with Gasteiger partial charge in [0.05, 0.1) is 27.7 Å². The number of nitrogens with zero attached hydrogens (tertiary/aromatic N) is 1. The van der Waals surface area contributed by atoms with Crippen LogP contribution in [-0.4, -0.2) is 70.0 Å². The number of phosphoric ester groups is 1. The van der Waals surface area contributed by atoms with Gasteiger partial charge < -0.3 is 27.9 Å². The fraction of sp³-hybridized carbons (Fsp3) is 0.950. The van der Waals surface area contributed by atoms with E-state index in [9.17, 15) is 19.0 Å². The first-order valence-corrected chi connectivity index (χ1v) is 14.7. The van der Waals surface area contributed by atoms with Gasteiger partial charge in [0.25, 0.3) is 7.82 Å². The van der Waals surface area contributed by atoms with Crippen molar-refractivity contribution in [1.82, 2.24) is 0 Å². The summed E-state index contributed by atoms with van der Waals surface area (Å²) in [5.74, 6) is -5.79. The number of carbonyl (C=O) groups is 2. The normalized spacial score (nSPS) is 40.6. The maximum atomic E-state index is 13.8. The molecule has 0 rings (SSSR count). The number of ether oxygens (including phenoxy) is 2. The van der Waals surface area contributed by atoms with Crippen LogP contribution >= 0.6 is 7.82 Å². The third kappa shape index (κ3) is 36.8. The van der Waals surface area contributed by atoms with Gasteiger partial charge in [-0.1, -0.05) is 167 Å². The fourth-order valence-electron chi connectivity index (χ4n) is 2.03. The Kier molecular flexibility index (Phi) is 6.43. The van der Waals surface area contributed by atoms with Crippen LogP contribution in [0.1, 0.15) is 276 Å². The summed E-state index contributed by atoms with van der Waals surface area (Å²) in [4.78, 5) is 40.5. The lowest BCUT2D eigenvalue weighted by Crippen LogP contribution is -2.37. The predicted octanol–water partition coefficient (Wildman–Crippen LogP) is 10.6. The van der Waals surface area contributed by atoms with Crippen molar-refractivity contribution < 1.29 is 126 Å². The van der Waals surface area contributed by atoms with Gasteiger partial charge in [0.15, 0.2) is 6.10 Å². The lowest BCUT2D eigenvalue weighted by Gasteiger charge is -2.28. The van der Waals surface area contributed by atoms with E-state index in [0.717, 1.165) is 0 Å². The first-order valence-electron chi connectivity index (χ1n) is 43.8. The Morgan fingerprint density at radius 3 is 1.48 bits per heavy atom. The molecule has 0 radical (unpaired) electrons. The van der Waals surface area contributed by atoms with Gasteiger partial charge in [-0.3, -0.25) is 14.2 Å². The molecular weight excluding hydrogens is 653 g/mol. The van der Waals surface area contributed by atoms with Crippen molar-refractivity contribution in [2.45, 2.75) is 198 Å². The van der Waals surface area contributed by atoms with E-state index in [2.05, 4.69) is 13.8 Å². The molecule has 0 amide bonds. The minimum absolute atomic E-state index is 0.0716. The molecule has 0 saturated heterocycles. The maximum absolute atomic E-state index is 13.8. The zero-order chi connectivity index (χ0) is 91.5. The van der Waals surface area contributed by atoms with Crippen LogP contribution in [0, 0.1) is 0 Å². The highest BCUT2D eigenvalue weighted by Gasteiger charge is 2.21. The summed E-state index contributed by atoms with van der Waals surface area (Å²) >= 11 is 0. The van der Waals surface area contributed by atoms with E-state index in [1.54, 1.807) is 0 Å². The van der Waals surface area contributed by atoms with Crippen molar-refractivity contribution in [1.29, 1.82) is 0 Å². The number of quaternary nitrogens is 1. The van der Waals surface area contributed by atoms with E-state index in [4.69, 9.17) is 88.4 Å². The first kappa shape index (κ1) is 9.51. The van der Waals surface area contributed by atoms with Gasteiger partial charge in [-0.05, 0) is 12.7 Å². The highest BCUT2D eigenvalue weighted by molar-refractivity contribution is 7.45. The molecule has 0 fully saturated rings. The summed E-state index contributed by atoms with van der Waals surface area (Å²) in [7, 11) is -1.48. The third-order valence-corrected chi connectivity index (χ3v) is 4.94. The molecule has 0 heterocycles. The molecule has 0 bridgehead atoms. The number of likely N-dealkylation sites (N-methyl/N-ethyl adjacent to an activating group) is 1. The molecule has 10 heteroatoms. The summed E-state index contributed by atoms with van der Waals surface area (Å²) < 4.78 is 532. The molecule has 0 aromatic carbocycles. The van der Waals surface area contributed by atoms with Crippen molar-refractivity contribution in [3.8, 4) is 0 Å². The molecule has 50 heavy (non-hydrogen) atoms. The Morgan fingerprint density at radius 2 is 1.04 bits per heavy atom. The van der Waals surface area contributed by atoms with E-state index in [0.29, 0.717) is 0 Å². The van der Waals surface area contributed by atoms with Crippen LogP contribution in [-0.2, 0) is 32.7 Å². The van der Waals surface area contributed by atoms with Crippen molar-refractivity contribution >= 4 is 19.8 Å². The van der Waals surface area contributed by atoms with Crippen LogP contribution in [0.4, 0.5) is 0 Å². The van der Waals surface area contributed by atoms with E-state index < -0.39 is 238 Å². The molecule has 0 N–H and O–H groups in total. The lowest BCUT2D eigenvalue weighted by molar-refractivity contribution is -0.870. The minimum atomic E-state index is -5.88. The molecule has 2 unspecified atom stereocenters. The smallest absolute Gasteiger partial charge is 0.306 e. The SMILES string of the molecule is [2H]C(C(=O)O[C@H](COC(=O)C([2H])([2H])C([2H])([2H])C([2H])([2H])C([2H])([2H])C([2H])([2H])C([2H])([2H])C([2H])([2H])C([2H])([2H])C([2H])([2H])C([2H])([2H])C([2H])([2H])C([2H])([2H])C([2H])([2H])C([2H])([2H])C([2H])([2H])[2H])COP(=O)([O-])OCC[N+](C)(C)C)C([2H])([2H])C([2H])([2H])C([2H])([2H])C([2H])([2H])C([2H])([2H])C([2H])([2H])C([2H])([2H])C([2H])([2H])C([2H])([2H])C([2H])([2H])C([2H])([2H])C([2H])([2H])C([2H])([2H])C([2H])([2H])[2H]. The maximum Gasteiger partial charge on any atom is 0.306 e. The second-order valence-corrected chi connectivity index (χ2v) is 10.2. The molecule has 0 aliphatic rings. The molecule has 0 spiro atoms. The zero-order valence-electron chi connectivity index (χ0n) is 87.6. The monoisotopic (exact) mass is 795 g/mol. The average Bonchev–Trinajstić information content (AvgIpc) is 0.687. The Balaban J connectivity index is 8.16. The Labute approximate surface area is 394 Å². The summed E-state index contributed by atoms with van der Waals surface area (Å²) in [5, 5.41) is 0. The summed E-state index contributed by atoms with van der Waals surface area (Å²) in [6, 6.07) is 0. The standard InChI is InChI=1S/C40H80NO8P/c1-6-8-10-12-14-16-18-20-22-24-26-28-30-32-39(42)46-36-38(37-48-50(44,45)47-35-34-41(3,4)5)49-40(43)33-31-29-27-25-23-21-19-17-15-13-11-9-7-2/h38H,6-37H2,1-5H3/t38-/m1/s1/i1D3,2D3,6D2,7D2,8D2,9D2,10D2,11D2,12D2,13D2,14D2,15D2,16D2,17D2,18D2,19D2,20D2,21D2,22D2,23D2,24D2,25D2,26D2,27D2,28D2,29D2,30D2,31D2,32D2,33D/t33?,38-. The number of hydrogen-bond acceptors (Lipinski definition) is 8. The molecule has 0 aliphatic carbocycles. The van der Waals surface area contributed by atoms with Crippen molar-refractivity contribution in [3.05, 3.63) is 0 Å². The molecule has 0 aromatic heterocycles. The van der Waals surface area contributed by atoms with Gasteiger partial charge in [0.1, 0.15) is 19.8 Å². The second kappa shape index (κ2) is 33.8. The Bertz CT molecular complexity index is 3360. The third-order valence-electron chi connectivity index (χ3n) is 3.98. The minimum Gasteiger partial charge on any atom is -0.756 e. The zero-order valence-corrected chi connectivity index (χ0v) is 27.5. The van der Waals surface area contributed by atoms with Crippen LogP contribution < -0.4 is 4.89 Å². The van der Waals surface area contributed by atoms with Gasteiger partial charge >= 0.3 is 11.9 Å². The Morgan fingerprint density at radius 1 is 0.620 bits per heavy atom. The van der Waals surface area contributed by atoms with Gasteiger partial charge in [-0.2, -0.15) is 0 Å². The van der Waals surface area contributed by atoms with Crippen LogP contribution in [0.25, 0.3) is 0 Å². The van der Waals surface area contributed by atoms with Gasteiger partial charge in [0.2, 0.25) is 0 Å². The van der Waals surface area contributed by atoms with Gasteiger partial charge in [-0.25, -0.2) is 0 Å². The van der Waals surface area contributed by atoms with Gasteiger partial charge in [0, 0.05) is 96.4 Å². The number of rotatable bonds is 38. The van der Waals surface area contributed by atoms with Crippen LogP contribution in [0.5, 0.6) is 0 Å². The van der Waals surface area contributed by atoms with Crippen molar-refractivity contribution in [3.63, 3.8) is 0 Å². The largest absolute Gasteiger partial charge is 0.756 e. The molecule has 9 nitrogen and oxygen atoms in total.